The summed E-state index contributed by atoms with van der Waals surface area (Å²) in [7, 11) is 1.43. The monoisotopic (exact) mass is 368 g/mol. The zero-order chi connectivity index (χ0) is 19.2. The number of hydrogen-bond acceptors (Lipinski definition) is 5. The quantitative estimate of drug-likeness (QED) is 0.630. The van der Waals surface area contributed by atoms with Crippen LogP contribution in [-0.4, -0.2) is 37.5 Å². The standard InChI is InChI=1S/C22H24O5/c1-26-20-13-18(12-19(14-23)22(20)25)16-6-4-7-17(11-16)21(24)15-5-2-3-9-27-10-8-15/h4,6-7,11-15,25H,2-3,5,8-10H2,1H3. The van der Waals surface area contributed by atoms with Crippen LogP contribution in [0.25, 0.3) is 11.1 Å². The van der Waals surface area contributed by atoms with E-state index in [2.05, 4.69) is 0 Å². The number of Topliss-reactive ketones (excluding diaryl/α,β-unsaturated/α-hetero) is 1. The van der Waals surface area contributed by atoms with Crippen LogP contribution in [0.5, 0.6) is 11.5 Å². The lowest BCUT2D eigenvalue weighted by atomic mass is 9.88. The molecule has 1 fully saturated rings. The van der Waals surface area contributed by atoms with Crippen molar-refractivity contribution in [3.63, 3.8) is 0 Å². The number of aldehydes is 1. The predicted octanol–water partition coefficient (Wildman–Crippen LogP) is 4.27. The summed E-state index contributed by atoms with van der Waals surface area (Å²) < 4.78 is 10.7. The fourth-order valence-electron chi connectivity index (χ4n) is 3.46. The summed E-state index contributed by atoms with van der Waals surface area (Å²) in [6.45, 7) is 1.39. The maximum absolute atomic E-state index is 13.0. The van der Waals surface area contributed by atoms with Crippen molar-refractivity contribution in [3.05, 3.63) is 47.5 Å². The molecule has 0 bridgehead atoms. The number of benzene rings is 2. The fraction of sp³-hybridized carbons (Fsp3) is 0.364. The average Bonchev–Trinajstić information content (AvgIpc) is 2.67. The van der Waals surface area contributed by atoms with E-state index < -0.39 is 0 Å². The van der Waals surface area contributed by atoms with E-state index >= 15 is 0 Å². The second-order valence-electron chi connectivity index (χ2n) is 6.77. The van der Waals surface area contributed by atoms with Gasteiger partial charge in [0.1, 0.15) is 0 Å². The van der Waals surface area contributed by atoms with Gasteiger partial charge in [0.15, 0.2) is 23.6 Å². The third-order valence-electron chi connectivity index (χ3n) is 5.00. The lowest BCUT2D eigenvalue weighted by molar-refractivity contribution is 0.0753. The first kappa shape index (κ1) is 19.1. The van der Waals surface area contributed by atoms with Crippen LogP contribution in [0.1, 0.15) is 46.4 Å². The largest absolute Gasteiger partial charge is 0.504 e. The van der Waals surface area contributed by atoms with Gasteiger partial charge in [0.05, 0.1) is 12.7 Å². The Labute approximate surface area is 158 Å². The number of carbonyl (C=O) groups is 2. The molecule has 0 radical (unpaired) electrons. The maximum atomic E-state index is 13.0. The maximum Gasteiger partial charge on any atom is 0.168 e. The Morgan fingerprint density at radius 2 is 2.00 bits per heavy atom. The van der Waals surface area contributed by atoms with Crippen LogP contribution in [0.3, 0.4) is 0 Å². The minimum Gasteiger partial charge on any atom is -0.504 e. The molecule has 0 amide bonds. The molecule has 5 nitrogen and oxygen atoms in total. The van der Waals surface area contributed by atoms with E-state index in [1.807, 2.05) is 24.3 Å². The van der Waals surface area contributed by atoms with E-state index in [1.165, 1.54) is 7.11 Å². The van der Waals surface area contributed by atoms with Gasteiger partial charge in [-0.15, -0.1) is 0 Å². The summed E-state index contributed by atoms with van der Waals surface area (Å²) in [5.41, 5.74) is 2.31. The highest BCUT2D eigenvalue weighted by molar-refractivity contribution is 5.99. The van der Waals surface area contributed by atoms with Crippen molar-refractivity contribution in [3.8, 4) is 22.6 Å². The van der Waals surface area contributed by atoms with Crippen molar-refractivity contribution in [2.45, 2.75) is 25.7 Å². The highest BCUT2D eigenvalue weighted by Gasteiger charge is 2.21. The smallest absolute Gasteiger partial charge is 0.168 e. The molecule has 5 heteroatoms. The Morgan fingerprint density at radius 1 is 1.15 bits per heavy atom. The molecule has 1 saturated heterocycles. The van der Waals surface area contributed by atoms with Crippen molar-refractivity contribution in [1.82, 2.24) is 0 Å². The number of phenolic OH excluding ortho intramolecular Hbond substituents is 1. The minimum atomic E-state index is -0.182. The van der Waals surface area contributed by atoms with Crippen LogP contribution in [-0.2, 0) is 4.74 Å². The zero-order valence-corrected chi connectivity index (χ0v) is 15.4. The van der Waals surface area contributed by atoms with E-state index in [4.69, 9.17) is 9.47 Å². The molecule has 3 rings (SSSR count). The highest BCUT2D eigenvalue weighted by atomic mass is 16.5. The normalized spacial score (nSPS) is 17.6. The average molecular weight is 368 g/mol. The van der Waals surface area contributed by atoms with E-state index in [-0.39, 0.29) is 28.8 Å². The van der Waals surface area contributed by atoms with Crippen LogP contribution >= 0.6 is 0 Å². The van der Waals surface area contributed by atoms with Crippen LogP contribution in [0, 0.1) is 5.92 Å². The molecule has 1 aliphatic heterocycles. The van der Waals surface area contributed by atoms with Crippen LogP contribution in [0.15, 0.2) is 36.4 Å². The first-order chi connectivity index (χ1) is 13.1. The van der Waals surface area contributed by atoms with Gasteiger partial charge < -0.3 is 14.6 Å². The molecular weight excluding hydrogens is 344 g/mol. The molecule has 2 aromatic rings. The number of phenols is 1. The van der Waals surface area contributed by atoms with Crippen molar-refractivity contribution in [2.75, 3.05) is 20.3 Å². The van der Waals surface area contributed by atoms with E-state index in [1.54, 1.807) is 12.1 Å². The topological polar surface area (TPSA) is 72.8 Å². The van der Waals surface area contributed by atoms with Gasteiger partial charge in [-0.2, -0.15) is 0 Å². The minimum absolute atomic E-state index is 0.0274. The Bertz CT molecular complexity index is 819. The predicted molar refractivity (Wildman–Crippen MR) is 103 cm³/mol. The molecule has 1 heterocycles. The number of aromatic hydroxyl groups is 1. The Hall–Kier alpha value is -2.66. The van der Waals surface area contributed by atoms with Gasteiger partial charge in [-0.05, 0) is 48.6 Å². The lowest BCUT2D eigenvalue weighted by Crippen LogP contribution is -2.19. The first-order valence-corrected chi connectivity index (χ1v) is 9.22. The number of ether oxygens (including phenoxy) is 2. The van der Waals surface area contributed by atoms with Gasteiger partial charge in [0.25, 0.3) is 0 Å². The number of methoxy groups -OCH3 is 1. The van der Waals surface area contributed by atoms with Crippen LogP contribution in [0.2, 0.25) is 0 Å². The second kappa shape index (κ2) is 8.82. The first-order valence-electron chi connectivity index (χ1n) is 9.22. The lowest BCUT2D eigenvalue weighted by Gasteiger charge is -2.19. The zero-order valence-electron chi connectivity index (χ0n) is 15.4. The summed E-state index contributed by atoms with van der Waals surface area (Å²) in [4.78, 5) is 24.2. The Balaban J connectivity index is 1.91. The number of carbonyl (C=O) groups excluding carboxylic acids is 2. The third kappa shape index (κ3) is 4.37. The van der Waals surface area contributed by atoms with E-state index in [0.717, 1.165) is 37.9 Å². The SMILES string of the molecule is COc1cc(-c2cccc(C(=O)C3CCCCOCC3)c2)cc(C=O)c1O. The molecule has 1 atom stereocenters. The van der Waals surface area contributed by atoms with Crippen molar-refractivity contribution >= 4 is 12.1 Å². The molecule has 2 aromatic carbocycles. The van der Waals surface area contributed by atoms with Crippen LogP contribution in [0.4, 0.5) is 0 Å². The fourth-order valence-corrected chi connectivity index (χ4v) is 3.46. The van der Waals surface area contributed by atoms with Crippen LogP contribution < -0.4 is 4.74 Å². The molecule has 1 aliphatic rings. The molecule has 27 heavy (non-hydrogen) atoms. The van der Waals surface area contributed by atoms with Crippen molar-refractivity contribution < 1.29 is 24.2 Å². The highest BCUT2D eigenvalue weighted by Crippen LogP contribution is 2.35. The number of rotatable bonds is 5. The van der Waals surface area contributed by atoms with Gasteiger partial charge in [-0.25, -0.2) is 0 Å². The number of hydrogen-bond donors (Lipinski definition) is 1. The molecule has 0 spiro atoms. The molecule has 142 valence electrons. The summed E-state index contributed by atoms with van der Waals surface area (Å²) in [6.07, 6.45) is 4.20. The van der Waals surface area contributed by atoms with Gasteiger partial charge in [0, 0.05) is 24.7 Å². The van der Waals surface area contributed by atoms with Crippen molar-refractivity contribution in [2.24, 2.45) is 5.92 Å². The summed E-state index contributed by atoms with van der Waals surface area (Å²) in [5, 5.41) is 10.0. The van der Waals surface area contributed by atoms with Gasteiger partial charge in [0.2, 0.25) is 0 Å². The summed E-state index contributed by atoms with van der Waals surface area (Å²) >= 11 is 0. The Kier molecular flexibility index (Phi) is 6.24. The number of ketones is 1. The van der Waals surface area contributed by atoms with Crippen molar-refractivity contribution in [1.29, 1.82) is 0 Å². The molecule has 0 aromatic heterocycles. The van der Waals surface area contributed by atoms with E-state index in [0.29, 0.717) is 24.0 Å². The van der Waals surface area contributed by atoms with Gasteiger partial charge in [-0.3, -0.25) is 9.59 Å². The third-order valence-corrected chi connectivity index (χ3v) is 5.00. The van der Waals surface area contributed by atoms with E-state index in [9.17, 15) is 14.7 Å². The summed E-state index contributed by atoms with van der Waals surface area (Å²) in [6, 6.07) is 10.6. The second-order valence-corrected chi connectivity index (χ2v) is 6.77. The molecule has 1 unspecified atom stereocenters. The Morgan fingerprint density at radius 3 is 2.78 bits per heavy atom. The van der Waals surface area contributed by atoms with Gasteiger partial charge in [-0.1, -0.05) is 24.6 Å². The molecule has 0 aliphatic carbocycles. The molecule has 1 N–H and O–H groups in total. The van der Waals surface area contributed by atoms with Gasteiger partial charge >= 0.3 is 0 Å². The molecule has 0 saturated carbocycles. The summed E-state index contributed by atoms with van der Waals surface area (Å²) in [5.74, 6) is 0.144. The molecular formula is C22H24O5.